The number of esters is 2. The Bertz CT molecular complexity index is 868. The molecule has 0 saturated heterocycles. The summed E-state index contributed by atoms with van der Waals surface area (Å²) in [7, 11) is -4.61. The molecule has 0 aromatic carbocycles. The van der Waals surface area contributed by atoms with Gasteiger partial charge in [0.2, 0.25) is 0 Å². The lowest BCUT2D eigenvalue weighted by molar-refractivity contribution is -0.161. The van der Waals surface area contributed by atoms with Crippen molar-refractivity contribution >= 4 is 19.8 Å². The van der Waals surface area contributed by atoms with E-state index in [1.54, 1.807) is 0 Å². The third kappa shape index (κ3) is 36.8. The average Bonchev–Trinajstić information content (AvgIpc) is 3.12. The highest BCUT2D eigenvalue weighted by Crippen LogP contribution is 2.43. The first-order chi connectivity index (χ1) is 24.7. The predicted octanol–water partition coefficient (Wildman–Crippen LogP) is 10.4. The van der Waals surface area contributed by atoms with E-state index in [0.717, 1.165) is 44.9 Å². The standard InChI is InChI=1S/C40H77O10P/c1-3-5-7-9-11-13-15-17-18-20-21-23-25-27-29-31-39(43)47-35-38(36-49-51(45,46)48-34-37(42)33-41)50-40(44)32-30-28-26-24-22-19-16-14-12-10-8-6-4-2/h19,22,37-38,41-42H,3-18,20-21,23-36H2,1-2H3,(H,45,46)/b22-19+/t37-,38+/m0/s1. The van der Waals surface area contributed by atoms with Crippen molar-refractivity contribution in [3.05, 3.63) is 12.2 Å². The lowest BCUT2D eigenvalue weighted by Gasteiger charge is -2.20. The molecule has 0 heterocycles. The van der Waals surface area contributed by atoms with Gasteiger partial charge in [0.15, 0.2) is 6.10 Å². The van der Waals surface area contributed by atoms with Gasteiger partial charge in [-0.25, -0.2) is 4.57 Å². The molecule has 1 unspecified atom stereocenters. The maximum Gasteiger partial charge on any atom is 0.472 e. The third-order valence-electron chi connectivity index (χ3n) is 8.92. The molecule has 0 fully saturated rings. The fraction of sp³-hybridized carbons (Fsp3) is 0.900. The van der Waals surface area contributed by atoms with Gasteiger partial charge in [0.1, 0.15) is 12.7 Å². The molecule has 302 valence electrons. The second kappa shape index (κ2) is 37.0. The summed E-state index contributed by atoms with van der Waals surface area (Å²) in [6.45, 7) is 2.37. The maximum absolute atomic E-state index is 12.6. The molecule has 3 atom stereocenters. The van der Waals surface area contributed by atoms with Crippen LogP contribution >= 0.6 is 7.82 Å². The summed E-state index contributed by atoms with van der Waals surface area (Å²) in [5, 5.41) is 18.3. The molecule has 0 rings (SSSR count). The van der Waals surface area contributed by atoms with E-state index in [2.05, 4.69) is 30.5 Å². The molecular weight excluding hydrogens is 671 g/mol. The number of hydrogen-bond acceptors (Lipinski definition) is 9. The molecule has 0 saturated carbocycles. The van der Waals surface area contributed by atoms with Crippen molar-refractivity contribution in [3.63, 3.8) is 0 Å². The number of carbonyl (C=O) groups is 2. The summed E-state index contributed by atoms with van der Waals surface area (Å²) >= 11 is 0. The van der Waals surface area contributed by atoms with E-state index >= 15 is 0 Å². The quantitative estimate of drug-likeness (QED) is 0.0240. The van der Waals surface area contributed by atoms with Crippen LogP contribution in [0.4, 0.5) is 0 Å². The number of ether oxygens (including phenoxy) is 2. The van der Waals surface area contributed by atoms with Crippen molar-refractivity contribution in [2.75, 3.05) is 26.4 Å². The summed E-state index contributed by atoms with van der Waals surface area (Å²) in [5.41, 5.74) is 0. The molecule has 3 N–H and O–H groups in total. The van der Waals surface area contributed by atoms with E-state index in [0.29, 0.717) is 12.8 Å². The minimum Gasteiger partial charge on any atom is -0.462 e. The first-order valence-corrected chi connectivity index (χ1v) is 22.1. The van der Waals surface area contributed by atoms with Crippen LogP contribution < -0.4 is 0 Å². The molecule has 0 spiro atoms. The van der Waals surface area contributed by atoms with Crippen LogP contribution in [0, 0.1) is 0 Å². The zero-order chi connectivity index (χ0) is 37.7. The zero-order valence-electron chi connectivity index (χ0n) is 32.6. The number of allylic oxidation sites excluding steroid dienone is 2. The summed E-state index contributed by atoms with van der Waals surface area (Å²) in [4.78, 5) is 34.9. The van der Waals surface area contributed by atoms with Gasteiger partial charge in [0, 0.05) is 12.8 Å². The SMILES string of the molecule is CCCCCCCC/C=C/CCCCCC(=O)O[C@H](COC(=O)CCCCCCCCCCCCCCCCC)COP(=O)(O)OC[C@@H](O)CO. The molecule has 0 aromatic heterocycles. The number of hydrogen-bond donors (Lipinski definition) is 3. The number of unbranched alkanes of at least 4 members (excludes halogenated alkanes) is 23. The topological polar surface area (TPSA) is 149 Å². The van der Waals surface area contributed by atoms with Crippen LogP contribution in [0.3, 0.4) is 0 Å². The van der Waals surface area contributed by atoms with Gasteiger partial charge in [-0.2, -0.15) is 0 Å². The van der Waals surface area contributed by atoms with Gasteiger partial charge in [-0.15, -0.1) is 0 Å². The molecule has 0 aliphatic heterocycles. The molecule has 0 radical (unpaired) electrons. The minimum absolute atomic E-state index is 0.168. The van der Waals surface area contributed by atoms with Gasteiger partial charge in [0.05, 0.1) is 19.8 Å². The largest absolute Gasteiger partial charge is 0.472 e. The van der Waals surface area contributed by atoms with Gasteiger partial charge >= 0.3 is 19.8 Å². The smallest absolute Gasteiger partial charge is 0.462 e. The molecule has 0 aliphatic rings. The molecule has 51 heavy (non-hydrogen) atoms. The number of rotatable bonds is 39. The third-order valence-corrected chi connectivity index (χ3v) is 9.87. The molecular formula is C40H77O10P. The van der Waals surface area contributed by atoms with E-state index in [4.69, 9.17) is 19.1 Å². The van der Waals surface area contributed by atoms with Crippen molar-refractivity contribution in [2.24, 2.45) is 0 Å². The zero-order valence-corrected chi connectivity index (χ0v) is 33.5. The van der Waals surface area contributed by atoms with Crippen LogP contribution in [0.5, 0.6) is 0 Å². The Hall–Kier alpha value is -1.29. The molecule has 0 aliphatic carbocycles. The minimum atomic E-state index is -4.61. The van der Waals surface area contributed by atoms with Crippen molar-refractivity contribution in [1.29, 1.82) is 0 Å². The van der Waals surface area contributed by atoms with E-state index in [9.17, 15) is 24.2 Å². The Morgan fingerprint density at radius 2 is 0.961 bits per heavy atom. The first kappa shape index (κ1) is 49.7. The summed E-state index contributed by atoms with van der Waals surface area (Å²) in [5.74, 6) is -0.935. The highest BCUT2D eigenvalue weighted by Gasteiger charge is 2.27. The second-order valence-electron chi connectivity index (χ2n) is 14.0. The van der Waals surface area contributed by atoms with Crippen molar-refractivity contribution in [2.45, 2.75) is 206 Å². The predicted molar refractivity (Wildman–Crippen MR) is 205 cm³/mol. The summed E-state index contributed by atoms with van der Waals surface area (Å²) in [6.07, 6.45) is 33.2. The lowest BCUT2D eigenvalue weighted by atomic mass is 10.0. The Morgan fingerprint density at radius 1 is 0.569 bits per heavy atom. The monoisotopic (exact) mass is 749 g/mol. The van der Waals surface area contributed by atoms with E-state index < -0.39 is 51.8 Å². The summed E-state index contributed by atoms with van der Waals surface area (Å²) < 4.78 is 32.6. The van der Waals surface area contributed by atoms with E-state index in [1.807, 2.05) is 0 Å². The van der Waals surface area contributed by atoms with Gasteiger partial charge in [-0.3, -0.25) is 18.6 Å². The summed E-state index contributed by atoms with van der Waals surface area (Å²) in [6, 6.07) is 0. The highest BCUT2D eigenvalue weighted by molar-refractivity contribution is 7.47. The molecule has 0 bridgehead atoms. The fourth-order valence-electron chi connectivity index (χ4n) is 5.69. The number of aliphatic hydroxyl groups excluding tert-OH is 2. The number of phosphoric ester groups is 1. The number of aliphatic hydroxyl groups is 2. The maximum atomic E-state index is 12.6. The van der Waals surface area contributed by atoms with Crippen LogP contribution in [-0.4, -0.2) is 65.7 Å². The molecule has 11 heteroatoms. The van der Waals surface area contributed by atoms with Gasteiger partial charge in [-0.1, -0.05) is 154 Å². The molecule has 0 aromatic rings. The first-order valence-electron chi connectivity index (χ1n) is 20.6. The van der Waals surface area contributed by atoms with Crippen LogP contribution in [0.1, 0.15) is 194 Å². The van der Waals surface area contributed by atoms with Crippen LogP contribution in [-0.2, 0) is 32.7 Å². The molecule has 10 nitrogen and oxygen atoms in total. The number of carbonyl (C=O) groups excluding carboxylic acids is 2. The lowest BCUT2D eigenvalue weighted by Crippen LogP contribution is -2.29. The van der Waals surface area contributed by atoms with Gasteiger partial charge in [0.25, 0.3) is 0 Å². The van der Waals surface area contributed by atoms with E-state index in [-0.39, 0.29) is 19.4 Å². The Morgan fingerprint density at radius 3 is 1.43 bits per heavy atom. The van der Waals surface area contributed by atoms with Gasteiger partial charge < -0.3 is 24.6 Å². The van der Waals surface area contributed by atoms with E-state index in [1.165, 1.54) is 109 Å². The van der Waals surface area contributed by atoms with Crippen molar-refractivity contribution in [1.82, 2.24) is 0 Å². The number of phosphoric acid groups is 1. The fourth-order valence-corrected chi connectivity index (χ4v) is 6.48. The van der Waals surface area contributed by atoms with Gasteiger partial charge in [-0.05, 0) is 38.5 Å². The normalized spacial score (nSPS) is 14.1. The second-order valence-corrected chi connectivity index (χ2v) is 15.5. The van der Waals surface area contributed by atoms with Crippen LogP contribution in [0.25, 0.3) is 0 Å². The Balaban J connectivity index is 4.31. The average molecular weight is 749 g/mol. The Labute approximate surface area is 311 Å². The van der Waals surface area contributed by atoms with Crippen molar-refractivity contribution in [3.8, 4) is 0 Å². The van der Waals surface area contributed by atoms with Crippen LogP contribution in [0.15, 0.2) is 12.2 Å². The highest BCUT2D eigenvalue weighted by atomic mass is 31.2. The molecule has 0 amide bonds. The Kier molecular flexibility index (Phi) is 36.1. The van der Waals surface area contributed by atoms with Crippen molar-refractivity contribution < 1.29 is 47.8 Å². The van der Waals surface area contributed by atoms with Crippen LogP contribution in [0.2, 0.25) is 0 Å².